The lowest BCUT2D eigenvalue weighted by Gasteiger charge is -2.14. The average molecular weight is 175 g/mol. The summed E-state index contributed by atoms with van der Waals surface area (Å²) in [6, 6.07) is 8.15. The van der Waals surface area contributed by atoms with E-state index in [1.807, 2.05) is 12.1 Å². The first kappa shape index (κ1) is 8.76. The van der Waals surface area contributed by atoms with Crippen LogP contribution in [0, 0.1) is 0 Å². The van der Waals surface area contributed by atoms with Gasteiger partial charge < -0.3 is 0 Å². The smallest absolute Gasteiger partial charge is 0.123 e. The number of hydrogen-bond acceptors (Lipinski definition) is 0. The van der Waals surface area contributed by atoms with Crippen LogP contribution in [0.3, 0.4) is 0 Å². The molecule has 0 unspecified atom stereocenters. The van der Waals surface area contributed by atoms with E-state index in [4.69, 9.17) is 0 Å². The van der Waals surface area contributed by atoms with Crippen molar-refractivity contribution < 1.29 is 5.11 Å². The summed E-state index contributed by atoms with van der Waals surface area (Å²) in [5.74, 6) is 0.781. The molecule has 1 fully saturated rings. The van der Waals surface area contributed by atoms with E-state index in [2.05, 4.69) is 12.1 Å². The highest BCUT2D eigenvalue weighted by molar-refractivity contribution is 5.30. The van der Waals surface area contributed by atoms with Crippen molar-refractivity contribution in [1.82, 2.24) is 0 Å². The van der Waals surface area contributed by atoms with Crippen LogP contribution in [0.2, 0.25) is 0 Å². The molecule has 1 aliphatic rings. The van der Waals surface area contributed by atoms with Gasteiger partial charge in [0, 0.05) is 0 Å². The molecule has 0 saturated heterocycles. The Bertz CT molecular complexity index is 288. The molecule has 0 aromatic heterocycles. The Kier molecular flexibility index (Phi) is 1.92. The zero-order chi connectivity index (χ0) is 9.47. The highest BCUT2D eigenvalue weighted by Gasteiger charge is 2.24. The third-order valence-corrected chi connectivity index (χ3v) is 2.65. The molecule has 1 saturated carbocycles. The van der Waals surface area contributed by atoms with Crippen LogP contribution in [0.15, 0.2) is 24.3 Å². The second kappa shape index (κ2) is 2.85. The van der Waals surface area contributed by atoms with Crippen molar-refractivity contribution in [3.63, 3.8) is 0 Å². The van der Waals surface area contributed by atoms with E-state index in [9.17, 15) is 5.11 Å². The van der Waals surface area contributed by atoms with Crippen molar-refractivity contribution in [2.75, 3.05) is 0 Å². The van der Waals surface area contributed by atoms with E-state index < -0.39 is 5.60 Å². The normalized spacial score (nSPS) is 17.5. The van der Waals surface area contributed by atoms with Gasteiger partial charge in [-0.15, -0.1) is 0 Å². The largest absolute Gasteiger partial charge is 0.225 e. The third kappa shape index (κ3) is 1.92. The first-order valence-electron chi connectivity index (χ1n) is 4.88. The lowest BCUT2D eigenvalue weighted by molar-refractivity contribution is -0.000110. The van der Waals surface area contributed by atoms with Gasteiger partial charge in [0.05, 0.1) is 0 Å². The van der Waals surface area contributed by atoms with Crippen LogP contribution >= 0.6 is 0 Å². The SMILES string of the molecule is CC(C)([O])c1ccc(C2CC2)cc1. The maximum Gasteiger partial charge on any atom is 0.123 e. The van der Waals surface area contributed by atoms with Gasteiger partial charge in [-0.05, 0) is 43.7 Å². The first-order chi connectivity index (χ1) is 6.07. The van der Waals surface area contributed by atoms with Crippen LogP contribution in [0.1, 0.15) is 43.7 Å². The third-order valence-electron chi connectivity index (χ3n) is 2.65. The molecule has 0 N–H and O–H groups in total. The Morgan fingerprint density at radius 2 is 1.69 bits per heavy atom. The van der Waals surface area contributed by atoms with Gasteiger partial charge in [-0.1, -0.05) is 24.3 Å². The summed E-state index contributed by atoms with van der Waals surface area (Å²) in [7, 11) is 0. The zero-order valence-corrected chi connectivity index (χ0v) is 8.21. The van der Waals surface area contributed by atoms with Crippen molar-refractivity contribution in [3.05, 3.63) is 35.4 Å². The van der Waals surface area contributed by atoms with Gasteiger partial charge in [-0.25, -0.2) is 5.11 Å². The van der Waals surface area contributed by atoms with Gasteiger partial charge in [0.25, 0.3) is 0 Å². The molecular weight excluding hydrogens is 160 g/mol. The van der Waals surface area contributed by atoms with Gasteiger partial charge in [-0.3, -0.25) is 0 Å². The summed E-state index contributed by atoms with van der Waals surface area (Å²) in [4.78, 5) is 0. The van der Waals surface area contributed by atoms with Gasteiger partial charge in [-0.2, -0.15) is 0 Å². The highest BCUT2D eigenvalue weighted by Crippen LogP contribution is 2.40. The van der Waals surface area contributed by atoms with Crippen molar-refractivity contribution in [2.24, 2.45) is 0 Å². The van der Waals surface area contributed by atoms with Crippen molar-refractivity contribution >= 4 is 0 Å². The summed E-state index contributed by atoms with van der Waals surface area (Å²) in [6.07, 6.45) is 2.64. The molecule has 0 heterocycles. The van der Waals surface area contributed by atoms with Crippen molar-refractivity contribution in [1.29, 1.82) is 0 Å². The number of hydrogen-bond donors (Lipinski definition) is 0. The van der Waals surface area contributed by atoms with Gasteiger partial charge in [0.15, 0.2) is 0 Å². The molecule has 1 nitrogen and oxygen atoms in total. The van der Waals surface area contributed by atoms with Gasteiger partial charge >= 0.3 is 0 Å². The number of benzene rings is 1. The predicted molar refractivity (Wildman–Crippen MR) is 52.1 cm³/mol. The molecule has 2 rings (SSSR count). The number of rotatable bonds is 2. The molecule has 13 heavy (non-hydrogen) atoms. The molecule has 0 amide bonds. The van der Waals surface area contributed by atoms with Crippen LogP contribution in [-0.4, -0.2) is 0 Å². The van der Waals surface area contributed by atoms with Crippen molar-refractivity contribution in [2.45, 2.75) is 38.2 Å². The van der Waals surface area contributed by atoms with Gasteiger partial charge in [0.1, 0.15) is 5.60 Å². The zero-order valence-electron chi connectivity index (χ0n) is 8.21. The van der Waals surface area contributed by atoms with Crippen LogP contribution in [0.5, 0.6) is 0 Å². The lowest BCUT2D eigenvalue weighted by Crippen LogP contribution is -2.13. The second-order valence-electron chi connectivity index (χ2n) is 4.41. The van der Waals surface area contributed by atoms with E-state index >= 15 is 0 Å². The van der Waals surface area contributed by atoms with Crippen LogP contribution < -0.4 is 0 Å². The van der Waals surface area contributed by atoms with Gasteiger partial charge in [0.2, 0.25) is 0 Å². The monoisotopic (exact) mass is 175 g/mol. The van der Waals surface area contributed by atoms with Crippen LogP contribution in [0.25, 0.3) is 0 Å². The minimum atomic E-state index is -0.956. The fourth-order valence-corrected chi connectivity index (χ4v) is 1.57. The summed E-state index contributed by atoms with van der Waals surface area (Å²) in [6.45, 7) is 3.41. The van der Waals surface area contributed by atoms with E-state index in [0.29, 0.717) is 0 Å². The molecule has 69 valence electrons. The lowest BCUT2D eigenvalue weighted by atomic mass is 9.96. The standard InChI is InChI=1S/C12H15O/c1-12(2,13)11-7-5-10(6-8-11)9-3-4-9/h5-9H,3-4H2,1-2H3. The van der Waals surface area contributed by atoms with E-state index in [-0.39, 0.29) is 0 Å². The molecule has 0 spiro atoms. The molecule has 0 aliphatic heterocycles. The average Bonchev–Trinajstić information content (AvgIpc) is 2.85. The molecule has 1 aromatic carbocycles. The second-order valence-corrected chi connectivity index (χ2v) is 4.41. The van der Waals surface area contributed by atoms with E-state index in [1.165, 1.54) is 18.4 Å². The molecule has 1 aliphatic carbocycles. The van der Waals surface area contributed by atoms with E-state index in [0.717, 1.165) is 11.5 Å². The quantitative estimate of drug-likeness (QED) is 0.657. The minimum absolute atomic E-state index is 0.781. The summed E-state index contributed by atoms with van der Waals surface area (Å²) in [5.41, 5.74) is 1.33. The van der Waals surface area contributed by atoms with Crippen molar-refractivity contribution in [3.8, 4) is 0 Å². The maximum absolute atomic E-state index is 11.6. The Hall–Kier alpha value is -0.820. The topological polar surface area (TPSA) is 19.9 Å². The molecule has 1 heteroatoms. The van der Waals surface area contributed by atoms with Crippen LogP contribution in [0.4, 0.5) is 0 Å². The molecule has 0 atom stereocenters. The Morgan fingerprint density at radius 3 is 2.08 bits per heavy atom. The molecule has 0 bridgehead atoms. The Labute approximate surface area is 79.4 Å². The fraction of sp³-hybridized carbons (Fsp3) is 0.500. The highest BCUT2D eigenvalue weighted by atomic mass is 16.3. The summed E-state index contributed by atoms with van der Waals surface area (Å²) < 4.78 is 0. The van der Waals surface area contributed by atoms with Crippen LogP contribution in [-0.2, 0) is 10.7 Å². The maximum atomic E-state index is 11.6. The van der Waals surface area contributed by atoms with E-state index in [1.54, 1.807) is 13.8 Å². The molecule has 1 aromatic rings. The Balaban J connectivity index is 2.22. The molecule has 1 radical (unpaired) electrons. The minimum Gasteiger partial charge on any atom is -0.225 e. The Morgan fingerprint density at radius 1 is 1.15 bits per heavy atom. The fourth-order valence-electron chi connectivity index (χ4n) is 1.57. The summed E-state index contributed by atoms with van der Waals surface area (Å²) in [5, 5.41) is 11.6. The predicted octanol–water partition coefficient (Wildman–Crippen LogP) is 3.23. The first-order valence-corrected chi connectivity index (χ1v) is 4.88. The molecular formula is C12H15O. The summed E-state index contributed by atoms with van der Waals surface area (Å²) >= 11 is 0.